The Hall–Kier alpha value is -3.28. The molecule has 2 heterocycles. The van der Waals surface area contributed by atoms with E-state index in [0.29, 0.717) is 12.2 Å². The summed E-state index contributed by atoms with van der Waals surface area (Å²) in [7, 11) is 1.63. The summed E-state index contributed by atoms with van der Waals surface area (Å²) in [5.74, 6) is 2.16. The number of nitrogens with zero attached hydrogens (tertiary/aromatic N) is 2. The van der Waals surface area contributed by atoms with Gasteiger partial charge >= 0.3 is 0 Å². The number of fused-ring (bicyclic) bond motifs is 1. The highest BCUT2D eigenvalue weighted by Gasteiger charge is 2.31. The highest BCUT2D eigenvalue weighted by atomic mass is 16.5. The fourth-order valence-electron chi connectivity index (χ4n) is 3.49. The average Bonchev–Trinajstić information content (AvgIpc) is 3.11. The molecule has 144 valence electrons. The van der Waals surface area contributed by atoms with Crippen LogP contribution in [0.2, 0.25) is 0 Å². The highest BCUT2D eigenvalue weighted by molar-refractivity contribution is 5.94. The molecule has 28 heavy (non-hydrogen) atoms. The Bertz CT molecular complexity index is 993. The molecular formula is C22H23N3O3. The lowest BCUT2D eigenvalue weighted by Gasteiger charge is -2.23. The van der Waals surface area contributed by atoms with Crippen molar-refractivity contribution >= 4 is 11.7 Å². The molecule has 0 saturated heterocycles. The van der Waals surface area contributed by atoms with E-state index in [1.807, 2.05) is 66.9 Å². The van der Waals surface area contributed by atoms with Gasteiger partial charge in [-0.05, 0) is 43.7 Å². The van der Waals surface area contributed by atoms with Crippen molar-refractivity contribution < 1.29 is 14.3 Å². The quantitative estimate of drug-likeness (QED) is 0.726. The van der Waals surface area contributed by atoms with E-state index in [2.05, 4.69) is 10.3 Å². The SMILES string of the molecule is COc1cccc(-n2cnc3c2NC(=O)C[C@H]3c2ccc(OC(C)C)cc2)c1. The molecule has 6 heteroatoms. The van der Waals surface area contributed by atoms with Gasteiger partial charge in [0, 0.05) is 18.4 Å². The highest BCUT2D eigenvalue weighted by Crippen LogP contribution is 2.38. The van der Waals surface area contributed by atoms with Crippen molar-refractivity contribution in [1.29, 1.82) is 0 Å². The number of rotatable bonds is 5. The zero-order valence-corrected chi connectivity index (χ0v) is 16.2. The van der Waals surface area contributed by atoms with Gasteiger partial charge in [-0.15, -0.1) is 0 Å². The molecule has 6 nitrogen and oxygen atoms in total. The van der Waals surface area contributed by atoms with Gasteiger partial charge in [0.2, 0.25) is 5.91 Å². The van der Waals surface area contributed by atoms with Crippen LogP contribution in [0.3, 0.4) is 0 Å². The number of imidazole rings is 1. The van der Waals surface area contributed by atoms with Gasteiger partial charge in [-0.2, -0.15) is 0 Å². The minimum Gasteiger partial charge on any atom is -0.497 e. The molecular weight excluding hydrogens is 354 g/mol. The van der Waals surface area contributed by atoms with Gasteiger partial charge in [0.05, 0.1) is 24.6 Å². The van der Waals surface area contributed by atoms with Crippen molar-refractivity contribution in [3.63, 3.8) is 0 Å². The number of carbonyl (C=O) groups excluding carboxylic acids is 1. The van der Waals surface area contributed by atoms with Crippen molar-refractivity contribution in [2.24, 2.45) is 0 Å². The van der Waals surface area contributed by atoms with Gasteiger partial charge in [-0.3, -0.25) is 9.36 Å². The molecule has 0 saturated carbocycles. The van der Waals surface area contributed by atoms with Crippen LogP contribution in [0.4, 0.5) is 5.82 Å². The first-order chi connectivity index (χ1) is 13.5. The summed E-state index contributed by atoms with van der Waals surface area (Å²) < 4.78 is 12.9. The van der Waals surface area contributed by atoms with Crippen LogP contribution in [0.5, 0.6) is 11.5 Å². The average molecular weight is 377 g/mol. The third kappa shape index (κ3) is 3.45. The minimum atomic E-state index is -0.0938. The standard InChI is InChI=1S/C22H23N3O3/c1-14(2)28-17-9-7-15(8-10-17)19-12-20(26)24-22-21(19)23-13-25(22)16-5-4-6-18(11-16)27-3/h4-11,13-14,19H,12H2,1-3H3,(H,24,26)/t19-/m0/s1. The van der Waals surface area contributed by atoms with E-state index in [1.54, 1.807) is 13.4 Å². The number of methoxy groups -OCH3 is 1. The summed E-state index contributed by atoms with van der Waals surface area (Å²) >= 11 is 0. The van der Waals surface area contributed by atoms with Crippen LogP contribution in [-0.2, 0) is 4.79 Å². The number of ether oxygens (including phenoxy) is 2. The molecule has 0 bridgehead atoms. The van der Waals surface area contributed by atoms with Crippen molar-refractivity contribution in [2.45, 2.75) is 32.3 Å². The largest absolute Gasteiger partial charge is 0.497 e. The predicted molar refractivity (Wildman–Crippen MR) is 107 cm³/mol. The Kier molecular flexibility index (Phi) is 4.77. The van der Waals surface area contributed by atoms with E-state index in [1.165, 1.54) is 0 Å². The molecule has 1 amide bonds. The number of amides is 1. The van der Waals surface area contributed by atoms with Crippen molar-refractivity contribution in [1.82, 2.24) is 9.55 Å². The predicted octanol–water partition coefficient (Wildman–Crippen LogP) is 4.14. The second kappa shape index (κ2) is 7.38. The molecule has 2 aromatic carbocycles. The van der Waals surface area contributed by atoms with Crippen LogP contribution < -0.4 is 14.8 Å². The Morgan fingerprint density at radius 1 is 1.14 bits per heavy atom. The molecule has 0 aliphatic carbocycles. The summed E-state index contributed by atoms with van der Waals surface area (Å²) in [6.07, 6.45) is 2.23. The summed E-state index contributed by atoms with van der Waals surface area (Å²) in [6, 6.07) is 15.6. The van der Waals surface area contributed by atoms with E-state index in [0.717, 1.165) is 28.4 Å². The number of anilines is 1. The zero-order valence-electron chi connectivity index (χ0n) is 16.2. The van der Waals surface area contributed by atoms with Gasteiger partial charge in [0.25, 0.3) is 0 Å². The van der Waals surface area contributed by atoms with E-state index in [4.69, 9.17) is 9.47 Å². The zero-order chi connectivity index (χ0) is 19.7. The van der Waals surface area contributed by atoms with Crippen LogP contribution >= 0.6 is 0 Å². The van der Waals surface area contributed by atoms with E-state index in [-0.39, 0.29) is 17.9 Å². The van der Waals surface area contributed by atoms with E-state index >= 15 is 0 Å². The molecule has 1 N–H and O–H groups in total. The van der Waals surface area contributed by atoms with E-state index in [9.17, 15) is 4.79 Å². The van der Waals surface area contributed by atoms with Crippen molar-refractivity contribution in [3.05, 3.63) is 66.1 Å². The summed E-state index contributed by atoms with van der Waals surface area (Å²) in [5, 5.41) is 2.98. The molecule has 0 fully saturated rings. The second-order valence-electron chi connectivity index (χ2n) is 7.09. The third-order valence-electron chi connectivity index (χ3n) is 4.76. The van der Waals surface area contributed by atoms with Crippen molar-refractivity contribution in [2.75, 3.05) is 12.4 Å². The summed E-state index contributed by atoms with van der Waals surface area (Å²) in [5.41, 5.74) is 2.79. The lowest BCUT2D eigenvalue weighted by atomic mass is 9.90. The first-order valence-corrected chi connectivity index (χ1v) is 9.33. The maximum atomic E-state index is 12.4. The van der Waals surface area contributed by atoms with Gasteiger partial charge in [0.15, 0.2) is 0 Å². The van der Waals surface area contributed by atoms with Crippen LogP contribution in [0.1, 0.15) is 37.4 Å². The molecule has 0 spiro atoms. The fourth-order valence-corrected chi connectivity index (χ4v) is 3.49. The Morgan fingerprint density at radius 3 is 2.64 bits per heavy atom. The Balaban J connectivity index is 1.70. The first-order valence-electron chi connectivity index (χ1n) is 9.33. The molecule has 3 aromatic rings. The van der Waals surface area contributed by atoms with E-state index < -0.39 is 0 Å². The van der Waals surface area contributed by atoms with Gasteiger partial charge in [-0.1, -0.05) is 18.2 Å². The number of benzene rings is 2. The van der Waals surface area contributed by atoms with Crippen LogP contribution in [0, 0.1) is 0 Å². The van der Waals surface area contributed by atoms with Gasteiger partial charge in [-0.25, -0.2) is 4.98 Å². The summed E-state index contributed by atoms with van der Waals surface area (Å²) in [4.78, 5) is 17.1. The molecule has 1 atom stereocenters. The monoisotopic (exact) mass is 377 g/mol. The molecule has 0 unspecified atom stereocenters. The topological polar surface area (TPSA) is 65.4 Å². The maximum Gasteiger partial charge on any atom is 0.226 e. The van der Waals surface area contributed by atoms with Crippen LogP contribution in [0.25, 0.3) is 5.69 Å². The first kappa shape index (κ1) is 18.1. The number of hydrogen-bond donors (Lipinski definition) is 1. The smallest absolute Gasteiger partial charge is 0.226 e. The second-order valence-corrected chi connectivity index (χ2v) is 7.09. The lowest BCUT2D eigenvalue weighted by molar-refractivity contribution is -0.116. The third-order valence-corrected chi connectivity index (χ3v) is 4.76. The minimum absolute atomic E-state index is 0.0235. The maximum absolute atomic E-state index is 12.4. The van der Waals surface area contributed by atoms with Crippen LogP contribution in [-0.4, -0.2) is 28.7 Å². The van der Waals surface area contributed by atoms with Gasteiger partial charge in [0.1, 0.15) is 23.6 Å². The number of nitrogens with one attached hydrogen (secondary N) is 1. The van der Waals surface area contributed by atoms with Crippen LogP contribution in [0.15, 0.2) is 54.9 Å². The molecule has 1 aliphatic rings. The molecule has 0 radical (unpaired) electrons. The number of hydrogen-bond acceptors (Lipinski definition) is 4. The summed E-state index contributed by atoms with van der Waals surface area (Å²) in [6.45, 7) is 3.99. The molecule has 1 aliphatic heterocycles. The number of carbonyl (C=O) groups is 1. The van der Waals surface area contributed by atoms with Crippen molar-refractivity contribution in [3.8, 4) is 17.2 Å². The Labute approximate surface area is 164 Å². The number of aromatic nitrogens is 2. The Morgan fingerprint density at radius 2 is 1.93 bits per heavy atom. The molecule has 1 aromatic heterocycles. The van der Waals surface area contributed by atoms with Gasteiger partial charge < -0.3 is 14.8 Å². The molecule has 4 rings (SSSR count). The fraction of sp³-hybridized carbons (Fsp3) is 0.273. The normalized spacial score (nSPS) is 15.9. The lowest BCUT2D eigenvalue weighted by Crippen LogP contribution is -2.24.